The zero-order valence-electron chi connectivity index (χ0n) is 22.1. The summed E-state index contributed by atoms with van der Waals surface area (Å²) >= 11 is 1.69. The summed E-state index contributed by atoms with van der Waals surface area (Å²) < 4.78 is 17.4. The Morgan fingerprint density at radius 1 is 0.872 bits per heavy atom. The van der Waals surface area contributed by atoms with Crippen LogP contribution in [0.15, 0.2) is 78.2 Å². The van der Waals surface area contributed by atoms with Gasteiger partial charge < -0.3 is 14.2 Å². The first-order valence-corrected chi connectivity index (χ1v) is 14.1. The Labute approximate surface area is 232 Å². The summed E-state index contributed by atoms with van der Waals surface area (Å²) in [6, 6.07) is 23.9. The molecule has 7 nitrogen and oxygen atoms in total. The number of ether oxygens (including phenoxy) is 3. The summed E-state index contributed by atoms with van der Waals surface area (Å²) in [6.07, 6.45) is 2.09. The van der Waals surface area contributed by atoms with Gasteiger partial charge in [0, 0.05) is 4.88 Å². The van der Waals surface area contributed by atoms with Gasteiger partial charge in [-0.2, -0.15) is 0 Å². The predicted molar refractivity (Wildman–Crippen MR) is 154 cm³/mol. The first-order valence-electron chi connectivity index (χ1n) is 13.2. The fourth-order valence-electron chi connectivity index (χ4n) is 4.39. The molecule has 2 heterocycles. The van der Waals surface area contributed by atoms with Crippen LogP contribution in [-0.2, 0) is 22.4 Å². The molecule has 0 spiro atoms. The number of benzene rings is 3. The first-order chi connectivity index (χ1) is 19.1. The highest BCUT2D eigenvalue weighted by Crippen LogP contribution is 2.32. The number of aryl methyl sites for hydroxylation is 1. The van der Waals surface area contributed by atoms with Crippen LogP contribution in [-0.4, -0.2) is 40.8 Å². The fourth-order valence-corrected chi connectivity index (χ4v) is 5.11. The van der Waals surface area contributed by atoms with E-state index < -0.39 is 0 Å². The summed E-state index contributed by atoms with van der Waals surface area (Å²) in [7, 11) is 0. The van der Waals surface area contributed by atoms with Crippen LogP contribution < -0.4 is 9.47 Å². The summed E-state index contributed by atoms with van der Waals surface area (Å²) in [5.74, 6) is 1.27. The lowest BCUT2D eigenvalue weighted by atomic mass is 10.0. The average Bonchev–Trinajstić information content (AvgIpc) is 3.63. The Morgan fingerprint density at radius 2 is 1.62 bits per heavy atom. The first kappa shape index (κ1) is 26.4. The van der Waals surface area contributed by atoms with Gasteiger partial charge in [0.15, 0.2) is 0 Å². The molecule has 0 atom stereocenters. The molecule has 0 amide bonds. The standard InChI is InChI=1S/C31H31N3O4S/c1-3-8-23-19-22(20-31(35)36-4-2)12-14-28(23)37-16-17-38-29-15-13-24(30-11-7-18-39-30)21-27(29)34-32-25-9-5-6-10-26(25)33-34/h5-7,9-15,18-19,21H,3-4,8,16-17,20H2,1-2H3. The number of rotatable bonds is 12. The summed E-state index contributed by atoms with van der Waals surface area (Å²) in [6.45, 7) is 5.04. The van der Waals surface area contributed by atoms with Crippen LogP contribution in [0.4, 0.5) is 0 Å². The van der Waals surface area contributed by atoms with Crippen molar-refractivity contribution in [1.82, 2.24) is 15.0 Å². The van der Waals surface area contributed by atoms with Crippen molar-refractivity contribution in [2.24, 2.45) is 0 Å². The van der Waals surface area contributed by atoms with Crippen molar-refractivity contribution in [3.63, 3.8) is 0 Å². The molecule has 0 aliphatic carbocycles. The van der Waals surface area contributed by atoms with Gasteiger partial charge >= 0.3 is 5.97 Å². The zero-order valence-corrected chi connectivity index (χ0v) is 22.9. The van der Waals surface area contributed by atoms with Crippen molar-refractivity contribution < 1.29 is 19.0 Å². The van der Waals surface area contributed by atoms with Crippen LogP contribution in [0.1, 0.15) is 31.4 Å². The van der Waals surface area contributed by atoms with Crippen molar-refractivity contribution >= 4 is 28.3 Å². The van der Waals surface area contributed by atoms with Crippen molar-refractivity contribution in [3.8, 4) is 27.6 Å². The van der Waals surface area contributed by atoms with Crippen LogP contribution in [0.5, 0.6) is 11.5 Å². The van der Waals surface area contributed by atoms with Gasteiger partial charge in [-0.05, 0) is 77.9 Å². The summed E-state index contributed by atoms with van der Waals surface area (Å²) in [5, 5.41) is 11.4. The number of aromatic nitrogens is 3. The van der Waals surface area contributed by atoms with E-state index in [1.165, 1.54) is 0 Å². The molecule has 0 aliphatic rings. The summed E-state index contributed by atoms with van der Waals surface area (Å²) in [4.78, 5) is 14.7. The van der Waals surface area contributed by atoms with Gasteiger partial charge in [0.25, 0.3) is 0 Å². The monoisotopic (exact) mass is 541 g/mol. The van der Waals surface area contributed by atoms with Crippen LogP contribution in [0.3, 0.4) is 0 Å². The zero-order chi connectivity index (χ0) is 27.0. The Morgan fingerprint density at radius 3 is 2.31 bits per heavy atom. The Hall–Kier alpha value is -4.17. The lowest BCUT2D eigenvalue weighted by Gasteiger charge is -2.15. The molecule has 8 heteroatoms. The number of hydrogen-bond acceptors (Lipinski definition) is 7. The van der Waals surface area contributed by atoms with E-state index >= 15 is 0 Å². The Kier molecular flexibility index (Phi) is 8.53. The van der Waals surface area contributed by atoms with Crippen LogP contribution in [0, 0.1) is 0 Å². The molecule has 39 heavy (non-hydrogen) atoms. The van der Waals surface area contributed by atoms with E-state index in [0.717, 1.165) is 56.9 Å². The Bertz CT molecular complexity index is 1510. The van der Waals surface area contributed by atoms with Crippen LogP contribution >= 0.6 is 11.3 Å². The van der Waals surface area contributed by atoms with Gasteiger partial charge in [0.2, 0.25) is 0 Å². The van der Waals surface area contributed by atoms with Crippen molar-refractivity contribution in [2.45, 2.75) is 33.1 Å². The molecule has 200 valence electrons. The highest BCUT2D eigenvalue weighted by Gasteiger charge is 2.14. The van der Waals surface area contributed by atoms with Gasteiger partial charge in [-0.15, -0.1) is 26.3 Å². The third kappa shape index (κ3) is 6.46. The van der Waals surface area contributed by atoms with Gasteiger partial charge in [0.05, 0.1) is 13.0 Å². The number of nitrogens with zero attached hydrogens (tertiary/aromatic N) is 3. The molecule has 5 aromatic rings. The summed E-state index contributed by atoms with van der Waals surface area (Å²) in [5.41, 5.74) is 5.50. The molecule has 0 bridgehead atoms. The minimum Gasteiger partial charge on any atom is -0.490 e. The Balaban J connectivity index is 1.31. The van der Waals surface area contributed by atoms with E-state index in [-0.39, 0.29) is 12.4 Å². The molecule has 0 fully saturated rings. The van der Waals surface area contributed by atoms with E-state index in [2.05, 4.69) is 40.7 Å². The maximum Gasteiger partial charge on any atom is 0.310 e. The lowest BCUT2D eigenvalue weighted by Crippen LogP contribution is -2.12. The smallest absolute Gasteiger partial charge is 0.310 e. The minimum atomic E-state index is -0.220. The molecule has 0 saturated carbocycles. The SMILES string of the molecule is CCCc1cc(CC(=O)OCC)ccc1OCCOc1ccc(-c2cccs2)cc1-n1nc2ccccc2n1. The fraction of sp³-hybridized carbons (Fsp3) is 0.258. The average molecular weight is 542 g/mol. The number of hydrogen-bond donors (Lipinski definition) is 0. The quantitative estimate of drug-likeness (QED) is 0.130. The highest BCUT2D eigenvalue weighted by atomic mass is 32.1. The van der Waals surface area contributed by atoms with Crippen molar-refractivity contribution in [1.29, 1.82) is 0 Å². The van der Waals surface area contributed by atoms with E-state index in [1.54, 1.807) is 16.1 Å². The van der Waals surface area contributed by atoms with E-state index in [9.17, 15) is 4.79 Å². The van der Waals surface area contributed by atoms with Crippen LogP contribution in [0.2, 0.25) is 0 Å². The predicted octanol–water partition coefficient (Wildman–Crippen LogP) is 6.66. The number of carbonyl (C=O) groups excluding carboxylic acids is 1. The van der Waals surface area contributed by atoms with E-state index in [1.807, 2.05) is 61.5 Å². The highest BCUT2D eigenvalue weighted by molar-refractivity contribution is 7.13. The second-order valence-electron chi connectivity index (χ2n) is 9.01. The normalized spacial score (nSPS) is 11.0. The molecular weight excluding hydrogens is 510 g/mol. The number of esters is 1. The molecule has 0 N–H and O–H groups in total. The van der Waals surface area contributed by atoms with Crippen molar-refractivity contribution in [2.75, 3.05) is 19.8 Å². The van der Waals surface area contributed by atoms with E-state index in [4.69, 9.17) is 14.2 Å². The lowest BCUT2D eigenvalue weighted by molar-refractivity contribution is -0.142. The number of fused-ring (bicyclic) bond motifs is 1. The van der Waals surface area contributed by atoms with Gasteiger partial charge in [0.1, 0.15) is 41.4 Å². The molecule has 0 aliphatic heterocycles. The second-order valence-corrected chi connectivity index (χ2v) is 9.96. The molecule has 0 radical (unpaired) electrons. The van der Waals surface area contributed by atoms with Gasteiger partial charge in [-0.25, -0.2) is 0 Å². The second kappa shape index (κ2) is 12.6. The van der Waals surface area contributed by atoms with Gasteiger partial charge in [-0.1, -0.05) is 43.7 Å². The minimum absolute atomic E-state index is 0.220. The molecule has 3 aromatic carbocycles. The number of thiophene rings is 1. The van der Waals surface area contributed by atoms with Crippen LogP contribution in [0.25, 0.3) is 27.2 Å². The molecule has 2 aromatic heterocycles. The molecular formula is C31H31N3O4S. The maximum absolute atomic E-state index is 11.9. The molecule has 0 unspecified atom stereocenters. The molecule has 0 saturated heterocycles. The number of carbonyl (C=O) groups is 1. The topological polar surface area (TPSA) is 75.5 Å². The third-order valence-electron chi connectivity index (χ3n) is 6.16. The van der Waals surface area contributed by atoms with Gasteiger partial charge in [-0.3, -0.25) is 4.79 Å². The maximum atomic E-state index is 11.9. The molecule has 5 rings (SSSR count). The van der Waals surface area contributed by atoms with E-state index in [0.29, 0.717) is 25.6 Å². The van der Waals surface area contributed by atoms with Crippen molar-refractivity contribution in [3.05, 3.63) is 89.3 Å². The third-order valence-corrected chi connectivity index (χ3v) is 7.08. The largest absolute Gasteiger partial charge is 0.490 e.